The van der Waals surface area contributed by atoms with Crippen LogP contribution in [0.15, 0.2) is 9.90 Å². The van der Waals surface area contributed by atoms with Crippen LogP contribution in [0.2, 0.25) is 0 Å². The first kappa shape index (κ1) is 15.7. The molecule has 0 saturated carbocycles. The molecule has 2 N–H and O–H groups in total. The van der Waals surface area contributed by atoms with Crippen molar-refractivity contribution in [3.63, 3.8) is 0 Å². The number of hydrogen-bond acceptors (Lipinski definition) is 6. The molecule has 6 nitrogen and oxygen atoms in total. The molecule has 1 amide bonds. The molecule has 0 spiro atoms. The molecule has 2 heterocycles. The van der Waals surface area contributed by atoms with Crippen molar-refractivity contribution in [1.29, 1.82) is 0 Å². The number of aryl methyl sites for hydroxylation is 1. The van der Waals surface area contributed by atoms with E-state index in [1.165, 1.54) is 0 Å². The van der Waals surface area contributed by atoms with Gasteiger partial charge in [0.15, 0.2) is 5.69 Å². The van der Waals surface area contributed by atoms with E-state index in [4.69, 9.17) is 4.52 Å². The Morgan fingerprint density at radius 1 is 1.52 bits per heavy atom. The minimum atomic E-state index is -0.337. The average Bonchev–Trinajstić information content (AvgIpc) is 3.05. The van der Waals surface area contributed by atoms with Gasteiger partial charge in [0.05, 0.1) is 22.9 Å². The summed E-state index contributed by atoms with van der Waals surface area (Å²) in [6.07, 6.45) is 0.675. The molecule has 7 heteroatoms. The second kappa shape index (κ2) is 6.82. The third-order valence-corrected chi connectivity index (χ3v) is 4.07. The Hall–Kier alpha value is -1.73. The molecular formula is C14H19N3O3S. The lowest BCUT2D eigenvalue weighted by Crippen LogP contribution is -2.27. The molecule has 0 radical (unpaired) electrons. The molecule has 0 bridgehead atoms. The van der Waals surface area contributed by atoms with Crippen molar-refractivity contribution in [2.45, 2.75) is 39.7 Å². The van der Waals surface area contributed by atoms with Gasteiger partial charge in [0.1, 0.15) is 5.76 Å². The van der Waals surface area contributed by atoms with E-state index in [2.05, 4.69) is 29.3 Å². The Bertz CT molecular complexity index is 619. The summed E-state index contributed by atoms with van der Waals surface area (Å²) < 4.78 is 4.92. The second-order valence-corrected chi connectivity index (χ2v) is 5.99. The molecule has 114 valence electrons. The summed E-state index contributed by atoms with van der Waals surface area (Å²) >= 11 is 1.60. The van der Waals surface area contributed by atoms with E-state index in [1.54, 1.807) is 18.3 Å². The van der Waals surface area contributed by atoms with E-state index in [0.717, 1.165) is 10.7 Å². The Morgan fingerprint density at radius 2 is 2.29 bits per heavy atom. The number of carbonyl (C=O) groups is 1. The highest BCUT2D eigenvalue weighted by molar-refractivity contribution is 7.09. The number of rotatable bonds is 6. The van der Waals surface area contributed by atoms with Crippen LogP contribution in [0.5, 0.6) is 0 Å². The maximum atomic E-state index is 12.0. The first-order chi connectivity index (χ1) is 10.0. The van der Waals surface area contributed by atoms with Gasteiger partial charge in [-0.15, -0.1) is 11.3 Å². The molecule has 0 fully saturated rings. The van der Waals surface area contributed by atoms with Crippen LogP contribution in [0, 0.1) is 6.92 Å². The molecule has 2 aromatic heterocycles. The topological polar surface area (TPSA) is 88.3 Å². The molecule has 21 heavy (non-hydrogen) atoms. The number of aromatic nitrogens is 2. The normalized spacial score (nSPS) is 11.1. The van der Waals surface area contributed by atoms with E-state index < -0.39 is 0 Å². The Balaban J connectivity index is 1.89. The van der Waals surface area contributed by atoms with Crippen LogP contribution >= 0.6 is 11.3 Å². The zero-order chi connectivity index (χ0) is 15.4. The van der Waals surface area contributed by atoms with Crippen molar-refractivity contribution in [1.82, 2.24) is 15.5 Å². The number of amides is 1. The van der Waals surface area contributed by atoms with Crippen LogP contribution in [0.25, 0.3) is 0 Å². The summed E-state index contributed by atoms with van der Waals surface area (Å²) in [5, 5.41) is 18.7. The fourth-order valence-electron chi connectivity index (χ4n) is 1.83. The lowest BCUT2D eigenvalue weighted by atomic mass is 10.2. The smallest absolute Gasteiger partial charge is 0.273 e. The van der Waals surface area contributed by atoms with Gasteiger partial charge >= 0.3 is 0 Å². The minimum Gasteiger partial charge on any atom is -0.391 e. The zero-order valence-electron chi connectivity index (χ0n) is 12.3. The minimum absolute atomic E-state index is 0.150. The summed E-state index contributed by atoms with van der Waals surface area (Å²) in [6.45, 7) is 6.08. The number of carbonyl (C=O) groups excluding carboxylic acids is 1. The maximum Gasteiger partial charge on any atom is 0.273 e. The van der Waals surface area contributed by atoms with Gasteiger partial charge in [-0.25, -0.2) is 4.98 Å². The summed E-state index contributed by atoms with van der Waals surface area (Å²) in [4.78, 5) is 16.5. The lowest BCUT2D eigenvalue weighted by molar-refractivity contribution is 0.0942. The molecule has 0 aliphatic heterocycles. The maximum absolute atomic E-state index is 12.0. The van der Waals surface area contributed by atoms with Gasteiger partial charge in [0, 0.05) is 18.3 Å². The summed E-state index contributed by atoms with van der Waals surface area (Å²) in [7, 11) is 0. The number of thiazole rings is 1. The molecule has 0 aliphatic carbocycles. The highest BCUT2D eigenvalue weighted by atomic mass is 32.1. The highest BCUT2D eigenvalue weighted by Crippen LogP contribution is 2.18. The van der Waals surface area contributed by atoms with E-state index in [0.29, 0.717) is 30.2 Å². The number of aliphatic hydroxyl groups is 1. The predicted octanol–water partition coefficient (Wildman–Crippen LogP) is 2.03. The van der Waals surface area contributed by atoms with Gasteiger partial charge in [0.2, 0.25) is 0 Å². The molecule has 2 aromatic rings. The predicted molar refractivity (Wildman–Crippen MR) is 79.4 cm³/mol. The SMILES string of the molecule is Cc1onc(C(=O)NCCc2nc(C(C)C)cs2)c1CO. The van der Waals surface area contributed by atoms with Gasteiger partial charge in [-0.1, -0.05) is 19.0 Å². The third kappa shape index (κ3) is 3.68. The third-order valence-electron chi connectivity index (χ3n) is 3.14. The number of nitrogens with zero attached hydrogens (tertiary/aromatic N) is 2. The molecule has 0 unspecified atom stereocenters. The fraction of sp³-hybridized carbons (Fsp3) is 0.500. The zero-order valence-corrected chi connectivity index (χ0v) is 13.2. The lowest BCUT2D eigenvalue weighted by Gasteiger charge is -2.02. The molecular weight excluding hydrogens is 290 g/mol. The fourth-order valence-corrected chi connectivity index (χ4v) is 2.79. The highest BCUT2D eigenvalue weighted by Gasteiger charge is 2.18. The quantitative estimate of drug-likeness (QED) is 0.852. The van der Waals surface area contributed by atoms with Crippen LogP contribution in [0.4, 0.5) is 0 Å². The molecule has 0 aliphatic rings. The van der Waals surface area contributed by atoms with Crippen molar-refractivity contribution in [3.8, 4) is 0 Å². The van der Waals surface area contributed by atoms with Crippen molar-refractivity contribution >= 4 is 17.2 Å². The summed E-state index contributed by atoms with van der Waals surface area (Å²) in [6, 6.07) is 0. The Kier molecular flexibility index (Phi) is 5.08. The summed E-state index contributed by atoms with van der Waals surface area (Å²) in [5.41, 5.74) is 1.66. The van der Waals surface area contributed by atoms with E-state index in [-0.39, 0.29) is 18.2 Å². The van der Waals surface area contributed by atoms with Gasteiger partial charge in [-0.3, -0.25) is 4.79 Å². The van der Waals surface area contributed by atoms with Crippen molar-refractivity contribution in [2.24, 2.45) is 0 Å². The average molecular weight is 309 g/mol. The van der Waals surface area contributed by atoms with E-state index in [1.807, 2.05) is 5.38 Å². The first-order valence-electron chi connectivity index (χ1n) is 6.81. The number of hydrogen-bond donors (Lipinski definition) is 2. The van der Waals surface area contributed by atoms with Crippen LogP contribution in [0.3, 0.4) is 0 Å². The van der Waals surface area contributed by atoms with Crippen LogP contribution in [-0.4, -0.2) is 27.7 Å². The first-order valence-corrected chi connectivity index (χ1v) is 7.69. The molecule has 0 saturated heterocycles. The van der Waals surface area contributed by atoms with Crippen molar-refractivity contribution in [3.05, 3.63) is 33.1 Å². The van der Waals surface area contributed by atoms with Crippen molar-refractivity contribution < 1.29 is 14.4 Å². The van der Waals surface area contributed by atoms with Gasteiger partial charge in [-0.05, 0) is 12.8 Å². The molecule has 0 aromatic carbocycles. The Labute approximate surface area is 127 Å². The number of nitrogens with one attached hydrogen (secondary N) is 1. The van der Waals surface area contributed by atoms with Crippen LogP contribution < -0.4 is 5.32 Å². The standard InChI is InChI=1S/C14H19N3O3S/c1-8(2)11-7-21-12(16-11)4-5-15-14(19)13-10(6-18)9(3)20-17-13/h7-8,18H,4-6H2,1-3H3,(H,15,19). The monoisotopic (exact) mass is 309 g/mol. The molecule has 2 rings (SSSR count). The van der Waals surface area contributed by atoms with Gasteiger partial charge < -0.3 is 14.9 Å². The molecule has 0 atom stereocenters. The largest absolute Gasteiger partial charge is 0.391 e. The van der Waals surface area contributed by atoms with Crippen LogP contribution in [0.1, 0.15) is 52.3 Å². The second-order valence-electron chi connectivity index (χ2n) is 5.05. The van der Waals surface area contributed by atoms with Gasteiger partial charge in [0.25, 0.3) is 5.91 Å². The van der Waals surface area contributed by atoms with Crippen LogP contribution in [-0.2, 0) is 13.0 Å². The number of aliphatic hydroxyl groups excluding tert-OH is 1. The van der Waals surface area contributed by atoms with E-state index >= 15 is 0 Å². The Morgan fingerprint density at radius 3 is 2.90 bits per heavy atom. The van der Waals surface area contributed by atoms with E-state index in [9.17, 15) is 9.90 Å². The summed E-state index contributed by atoms with van der Waals surface area (Å²) in [5.74, 6) is 0.537. The van der Waals surface area contributed by atoms with Gasteiger partial charge in [-0.2, -0.15) is 0 Å². The van der Waals surface area contributed by atoms with Crippen molar-refractivity contribution in [2.75, 3.05) is 6.54 Å².